The SMILES string of the molecule is COc1ccccc1CN(CCc1c[nH]c2ccccc12)C(=O)CN(C(=O)CC(C)(C)C)C1CC1. The second-order valence-corrected chi connectivity index (χ2v) is 10.7. The van der Waals surface area contributed by atoms with Crippen molar-refractivity contribution in [3.8, 4) is 5.75 Å². The molecule has 3 aromatic rings. The molecule has 1 N–H and O–H groups in total. The first kappa shape index (κ1) is 24.8. The van der Waals surface area contributed by atoms with Crippen LogP contribution in [-0.4, -0.2) is 52.8 Å². The molecular formula is C29H37N3O3. The van der Waals surface area contributed by atoms with Crippen LogP contribution in [0.25, 0.3) is 10.9 Å². The van der Waals surface area contributed by atoms with Gasteiger partial charge in [-0.05, 0) is 42.4 Å². The largest absolute Gasteiger partial charge is 0.496 e. The molecule has 6 heteroatoms. The maximum absolute atomic E-state index is 13.7. The van der Waals surface area contributed by atoms with Gasteiger partial charge in [0, 0.05) is 48.2 Å². The van der Waals surface area contributed by atoms with E-state index in [0.29, 0.717) is 19.5 Å². The lowest BCUT2D eigenvalue weighted by atomic mass is 9.91. The predicted molar refractivity (Wildman–Crippen MR) is 139 cm³/mol. The molecule has 0 saturated heterocycles. The molecule has 0 unspecified atom stereocenters. The van der Waals surface area contributed by atoms with E-state index in [4.69, 9.17) is 4.74 Å². The molecular weight excluding hydrogens is 438 g/mol. The van der Waals surface area contributed by atoms with E-state index >= 15 is 0 Å². The maximum Gasteiger partial charge on any atom is 0.242 e. The molecule has 0 spiro atoms. The number of carbonyl (C=O) groups is 2. The van der Waals surface area contributed by atoms with Crippen molar-refractivity contribution in [3.63, 3.8) is 0 Å². The number of benzene rings is 2. The van der Waals surface area contributed by atoms with Crippen molar-refractivity contribution in [2.45, 2.75) is 59.0 Å². The summed E-state index contributed by atoms with van der Waals surface area (Å²) in [5, 5.41) is 1.18. The molecule has 1 saturated carbocycles. The third kappa shape index (κ3) is 6.44. The van der Waals surface area contributed by atoms with Crippen LogP contribution < -0.4 is 4.74 Å². The highest BCUT2D eigenvalue weighted by molar-refractivity contribution is 5.86. The molecule has 4 rings (SSSR count). The summed E-state index contributed by atoms with van der Waals surface area (Å²) < 4.78 is 5.55. The van der Waals surface area contributed by atoms with Crippen LogP contribution in [0.1, 0.15) is 51.2 Å². The summed E-state index contributed by atoms with van der Waals surface area (Å²) in [6.07, 6.45) is 5.15. The van der Waals surface area contributed by atoms with Gasteiger partial charge in [0.1, 0.15) is 12.3 Å². The minimum absolute atomic E-state index is 0.0232. The Morgan fingerprint density at radius 1 is 1.00 bits per heavy atom. The number of para-hydroxylation sites is 2. The number of nitrogens with zero attached hydrogens (tertiary/aromatic N) is 2. The first-order valence-corrected chi connectivity index (χ1v) is 12.5. The normalized spacial score (nSPS) is 13.6. The fourth-order valence-corrected chi connectivity index (χ4v) is 4.53. The zero-order chi connectivity index (χ0) is 25.0. The van der Waals surface area contributed by atoms with Crippen LogP contribution in [0.3, 0.4) is 0 Å². The molecule has 0 aliphatic heterocycles. The molecule has 0 bridgehead atoms. The number of rotatable bonds is 10. The summed E-state index contributed by atoms with van der Waals surface area (Å²) in [5.41, 5.74) is 3.13. The van der Waals surface area contributed by atoms with Gasteiger partial charge in [-0.25, -0.2) is 0 Å². The zero-order valence-electron chi connectivity index (χ0n) is 21.3. The molecule has 1 aliphatic rings. The lowest BCUT2D eigenvalue weighted by Gasteiger charge is -2.30. The molecule has 186 valence electrons. The molecule has 1 fully saturated rings. The molecule has 0 atom stereocenters. The van der Waals surface area contributed by atoms with Crippen molar-refractivity contribution in [1.29, 1.82) is 0 Å². The third-order valence-corrected chi connectivity index (χ3v) is 6.53. The molecule has 2 amide bonds. The van der Waals surface area contributed by atoms with Crippen molar-refractivity contribution >= 4 is 22.7 Å². The van der Waals surface area contributed by atoms with E-state index in [1.54, 1.807) is 7.11 Å². The van der Waals surface area contributed by atoms with Crippen LogP contribution in [0.15, 0.2) is 54.7 Å². The molecule has 35 heavy (non-hydrogen) atoms. The minimum atomic E-state index is -0.111. The number of aromatic amines is 1. The molecule has 1 heterocycles. The number of methoxy groups -OCH3 is 1. The fraction of sp³-hybridized carbons (Fsp3) is 0.448. The van der Waals surface area contributed by atoms with Crippen molar-refractivity contribution in [1.82, 2.24) is 14.8 Å². The van der Waals surface area contributed by atoms with Crippen molar-refractivity contribution in [2.24, 2.45) is 5.41 Å². The quantitative estimate of drug-likeness (QED) is 0.440. The van der Waals surface area contributed by atoms with E-state index < -0.39 is 0 Å². The van der Waals surface area contributed by atoms with Gasteiger partial charge in [0.25, 0.3) is 0 Å². The molecule has 2 aromatic carbocycles. The number of fused-ring (bicyclic) bond motifs is 1. The highest BCUT2D eigenvalue weighted by atomic mass is 16.5. The van der Waals surface area contributed by atoms with Crippen LogP contribution in [0, 0.1) is 5.41 Å². The van der Waals surface area contributed by atoms with Gasteiger partial charge in [-0.3, -0.25) is 9.59 Å². The lowest BCUT2D eigenvalue weighted by Crippen LogP contribution is -2.45. The van der Waals surface area contributed by atoms with Gasteiger partial charge in [0.2, 0.25) is 11.8 Å². The van der Waals surface area contributed by atoms with Crippen molar-refractivity contribution in [2.75, 3.05) is 20.2 Å². The van der Waals surface area contributed by atoms with Crippen molar-refractivity contribution in [3.05, 3.63) is 65.9 Å². The summed E-state index contributed by atoms with van der Waals surface area (Å²) >= 11 is 0. The Labute approximate surface area is 208 Å². The number of carbonyl (C=O) groups excluding carboxylic acids is 2. The van der Waals surface area contributed by atoms with Gasteiger partial charge in [-0.1, -0.05) is 57.2 Å². The van der Waals surface area contributed by atoms with Crippen LogP contribution >= 0.6 is 0 Å². The number of hydrogen-bond donors (Lipinski definition) is 1. The second-order valence-electron chi connectivity index (χ2n) is 10.7. The topological polar surface area (TPSA) is 65.6 Å². The summed E-state index contributed by atoms with van der Waals surface area (Å²) in [7, 11) is 1.65. The van der Waals surface area contributed by atoms with Crippen LogP contribution in [0.5, 0.6) is 5.75 Å². The predicted octanol–water partition coefficient (Wildman–Crippen LogP) is 5.18. The second kappa shape index (κ2) is 10.5. The number of nitrogens with one attached hydrogen (secondary N) is 1. The Morgan fingerprint density at radius 3 is 2.43 bits per heavy atom. The highest BCUT2D eigenvalue weighted by Crippen LogP contribution is 2.30. The number of aromatic nitrogens is 1. The number of amides is 2. The molecule has 6 nitrogen and oxygen atoms in total. The summed E-state index contributed by atoms with van der Waals surface area (Å²) in [6.45, 7) is 7.32. The Bertz CT molecular complexity index is 1170. The average molecular weight is 476 g/mol. The third-order valence-electron chi connectivity index (χ3n) is 6.53. The Balaban J connectivity index is 1.53. The Morgan fingerprint density at radius 2 is 1.71 bits per heavy atom. The van der Waals surface area contributed by atoms with Gasteiger partial charge in [0.05, 0.1) is 7.11 Å². The monoisotopic (exact) mass is 475 g/mol. The first-order chi connectivity index (χ1) is 16.7. The molecule has 0 radical (unpaired) electrons. The van der Waals surface area contributed by atoms with Crippen LogP contribution in [-0.2, 0) is 22.6 Å². The van der Waals surface area contributed by atoms with E-state index in [-0.39, 0.29) is 29.8 Å². The molecule has 1 aliphatic carbocycles. The lowest BCUT2D eigenvalue weighted by molar-refractivity contribution is -0.142. The average Bonchev–Trinajstić information content (AvgIpc) is 3.58. The Kier molecular flexibility index (Phi) is 7.48. The minimum Gasteiger partial charge on any atom is -0.496 e. The van der Waals surface area contributed by atoms with Gasteiger partial charge in [0.15, 0.2) is 0 Å². The fourth-order valence-electron chi connectivity index (χ4n) is 4.53. The number of hydrogen-bond acceptors (Lipinski definition) is 3. The van der Waals surface area contributed by atoms with Gasteiger partial charge in [-0.2, -0.15) is 0 Å². The van der Waals surface area contributed by atoms with E-state index in [9.17, 15) is 9.59 Å². The zero-order valence-corrected chi connectivity index (χ0v) is 21.3. The Hall–Kier alpha value is -3.28. The van der Waals surface area contributed by atoms with E-state index in [1.807, 2.05) is 52.4 Å². The molecule has 1 aromatic heterocycles. The summed E-state index contributed by atoms with van der Waals surface area (Å²) in [5.74, 6) is 0.812. The van der Waals surface area contributed by atoms with E-state index in [1.165, 1.54) is 10.9 Å². The summed E-state index contributed by atoms with van der Waals surface area (Å²) in [4.78, 5) is 33.8. The van der Waals surface area contributed by atoms with Gasteiger partial charge in [-0.15, -0.1) is 0 Å². The van der Waals surface area contributed by atoms with Crippen molar-refractivity contribution < 1.29 is 14.3 Å². The number of H-pyrrole nitrogens is 1. The van der Waals surface area contributed by atoms with E-state index in [2.05, 4.69) is 37.9 Å². The highest BCUT2D eigenvalue weighted by Gasteiger charge is 2.36. The standard InChI is InChI=1S/C29H37N3O3/c1-29(2,3)17-27(33)32(23-13-14-23)20-28(34)31(19-22-9-5-8-12-26(22)35-4)16-15-21-18-30-25-11-7-6-10-24(21)25/h5-12,18,23,30H,13-17,19-20H2,1-4H3. The number of ether oxygens (including phenoxy) is 1. The first-order valence-electron chi connectivity index (χ1n) is 12.5. The van der Waals surface area contributed by atoms with Crippen LogP contribution in [0.2, 0.25) is 0 Å². The smallest absolute Gasteiger partial charge is 0.242 e. The van der Waals surface area contributed by atoms with E-state index in [0.717, 1.165) is 36.1 Å². The summed E-state index contributed by atoms with van der Waals surface area (Å²) in [6, 6.07) is 16.2. The van der Waals surface area contributed by atoms with Gasteiger partial charge >= 0.3 is 0 Å². The van der Waals surface area contributed by atoms with Crippen LogP contribution in [0.4, 0.5) is 0 Å². The van der Waals surface area contributed by atoms with Gasteiger partial charge < -0.3 is 19.5 Å². The maximum atomic E-state index is 13.7.